The first-order chi connectivity index (χ1) is 9.65. The second-order valence-corrected chi connectivity index (χ2v) is 6.66. The molecule has 1 aliphatic rings. The normalized spacial score (nSPS) is 23.4. The number of amides is 2. The number of methoxy groups -OCH3 is 1. The van der Waals surface area contributed by atoms with Crippen LogP contribution in [0.25, 0.3) is 0 Å². The Morgan fingerprint density at radius 2 is 1.71 bits per heavy atom. The van der Waals surface area contributed by atoms with E-state index in [1.54, 1.807) is 31.0 Å². The molecule has 1 fully saturated rings. The van der Waals surface area contributed by atoms with Crippen LogP contribution in [0.4, 0.5) is 4.79 Å². The molecule has 0 unspecified atom stereocenters. The number of rotatable bonds is 2. The number of likely N-dealkylation sites (tertiary alicyclic amines) is 1. The van der Waals surface area contributed by atoms with E-state index in [1.165, 1.54) is 0 Å². The monoisotopic (exact) mass is 300 g/mol. The highest BCUT2D eigenvalue weighted by atomic mass is 16.6. The second-order valence-electron chi connectivity index (χ2n) is 6.66. The number of hydrogen-bond donors (Lipinski definition) is 0. The van der Waals surface area contributed by atoms with Gasteiger partial charge in [0.25, 0.3) is 0 Å². The van der Waals surface area contributed by atoms with Crippen molar-refractivity contribution in [1.29, 1.82) is 0 Å². The van der Waals surface area contributed by atoms with Gasteiger partial charge in [0.1, 0.15) is 5.60 Å². The van der Waals surface area contributed by atoms with Crippen molar-refractivity contribution in [3.63, 3.8) is 0 Å². The highest BCUT2D eigenvalue weighted by Gasteiger charge is 2.34. The highest BCUT2D eigenvalue weighted by Crippen LogP contribution is 2.23. The molecule has 0 aliphatic carbocycles. The molecule has 0 N–H and O–H groups in total. The van der Waals surface area contributed by atoms with Gasteiger partial charge in [0.15, 0.2) is 0 Å². The van der Waals surface area contributed by atoms with Gasteiger partial charge in [0, 0.05) is 34.3 Å². The molecule has 0 aromatic rings. The number of nitrogens with zero attached hydrogens (tertiary/aromatic N) is 2. The van der Waals surface area contributed by atoms with Crippen LogP contribution in [-0.4, -0.2) is 67.8 Å². The average Bonchev–Trinajstić information content (AvgIpc) is 2.57. The minimum atomic E-state index is -0.511. The molecule has 0 spiro atoms. The number of carbonyl (C=O) groups is 2. The molecular formula is C15H28N2O4. The summed E-state index contributed by atoms with van der Waals surface area (Å²) in [6.07, 6.45) is 0.747. The molecule has 122 valence electrons. The Hall–Kier alpha value is -1.30. The third kappa shape index (κ3) is 5.19. The van der Waals surface area contributed by atoms with E-state index in [0.29, 0.717) is 25.9 Å². The van der Waals surface area contributed by atoms with E-state index in [2.05, 4.69) is 0 Å². The average molecular weight is 300 g/mol. The zero-order valence-corrected chi connectivity index (χ0v) is 14.0. The third-order valence-electron chi connectivity index (χ3n) is 3.55. The van der Waals surface area contributed by atoms with E-state index >= 15 is 0 Å². The summed E-state index contributed by atoms with van der Waals surface area (Å²) in [5, 5.41) is 0. The van der Waals surface area contributed by atoms with Gasteiger partial charge in [-0.3, -0.25) is 4.79 Å². The Morgan fingerprint density at radius 3 is 2.19 bits per heavy atom. The minimum absolute atomic E-state index is 0.0490. The maximum Gasteiger partial charge on any atom is 0.410 e. The van der Waals surface area contributed by atoms with Gasteiger partial charge in [-0.2, -0.15) is 0 Å². The van der Waals surface area contributed by atoms with E-state index in [1.807, 2.05) is 20.8 Å². The summed E-state index contributed by atoms with van der Waals surface area (Å²) in [5.74, 6) is -0.162. The molecule has 0 bridgehead atoms. The summed E-state index contributed by atoms with van der Waals surface area (Å²) in [6.45, 7) is 6.60. The lowest BCUT2D eigenvalue weighted by atomic mass is 9.96. The van der Waals surface area contributed by atoms with Crippen LogP contribution in [0.3, 0.4) is 0 Å². The molecule has 1 saturated heterocycles. The lowest BCUT2D eigenvalue weighted by Gasteiger charge is -2.26. The van der Waals surface area contributed by atoms with Gasteiger partial charge in [0.05, 0.1) is 12.0 Å². The lowest BCUT2D eigenvalue weighted by molar-refractivity contribution is -0.137. The molecule has 1 heterocycles. The van der Waals surface area contributed by atoms with E-state index in [0.717, 1.165) is 0 Å². The number of carbonyl (C=O) groups excluding carboxylic acids is 2. The van der Waals surface area contributed by atoms with E-state index < -0.39 is 5.60 Å². The van der Waals surface area contributed by atoms with Crippen LogP contribution in [0.5, 0.6) is 0 Å². The molecular weight excluding hydrogens is 272 g/mol. The molecule has 6 heteroatoms. The van der Waals surface area contributed by atoms with Crippen LogP contribution < -0.4 is 0 Å². The maximum absolute atomic E-state index is 12.2. The lowest BCUT2D eigenvalue weighted by Crippen LogP contribution is -2.38. The molecule has 0 radical (unpaired) electrons. The largest absolute Gasteiger partial charge is 0.444 e. The van der Waals surface area contributed by atoms with Crippen LogP contribution in [0, 0.1) is 5.92 Å². The molecule has 6 nitrogen and oxygen atoms in total. The Morgan fingerprint density at radius 1 is 1.14 bits per heavy atom. The number of hydrogen-bond acceptors (Lipinski definition) is 4. The maximum atomic E-state index is 12.2. The van der Waals surface area contributed by atoms with E-state index in [4.69, 9.17) is 9.47 Å². The van der Waals surface area contributed by atoms with Crippen LogP contribution in [0.2, 0.25) is 0 Å². The van der Waals surface area contributed by atoms with Gasteiger partial charge in [-0.1, -0.05) is 0 Å². The van der Waals surface area contributed by atoms with Gasteiger partial charge in [-0.15, -0.1) is 0 Å². The van der Waals surface area contributed by atoms with Crippen LogP contribution >= 0.6 is 0 Å². The van der Waals surface area contributed by atoms with Gasteiger partial charge in [-0.05, 0) is 33.6 Å². The smallest absolute Gasteiger partial charge is 0.410 e. The van der Waals surface area contributed by atoms with Gasteiger partial charge in [0.2, 0.25) is 5.91 Å². The predicted molar refractivity (Wildman–Crippen MR) is 80.0 cm³/mol. The SMILES string of the molecule is CO[C@@H]1CCN(C(=O)OC(C)(C)C)CC[C@@H]1C(=O)N(C)C. The molecule has 21 heavy (non-hydrogen) atoms. The van der Waals surface area contributed by atoms with E-state index in [9.17, 15) is 9.59 Å². The van der Waals surface area contributed by atoms with Crippen molar-refractivity contribution in [2.45, 2.75) is 45.3 Å². The summed E-state index contributed by atoms with van der Waals surface area (Å²) < 4.78 is 10.9. The van der Waals surface area contributed by atoms with Crippen LogP contribution in [0.15, 0.2) is 0 Å². The molecule has 0 aromatic heterocycles. The van der Waals surface area contributed by atoms with Gasteiger partial charge >= 0.3 is 6.09 Å². The van der Waals surface area contributed by atoms with Crippen LogP contribution in [-0.2, 0) is 14.3 Å². The van der Waals surface area contributed by atoms with Gasteiger partial charge in [-0.25, -0.2) is 4.79 Å². The summed E-state index contributed by atoms with van der Waals surface area (Å²) in [6, 6.07) is 0. The van der Waals surface area contributed by atoms with Crippen molar-refractivity contribution in [1.82, 2.24) is 9.80 Å². The van der Waals surface area contributed by atoms with Crippen molar-refractivity contribution < 1.29 is 19.1 Å². The topological polar surface area (TPSA) is 59.1 Å². The fourth-order valence-corrected chi connectivity index (χ4v) is 2.48. The number of ether oxygens (including phenoxy) is 2. The standard InChI is InChI=1S/C15H28N2O4/c1-15(2,3)21-14(19)17-9-7-11(13(18)16(4)5)12(20-6)8-10-17/h11-12H,7-10H2,1-6H3/t11-,12+/m0/s1. The fraction of sp³-hybridized carbons (Fsp3) is 0.867. The Kier molecular flexibility index (Phi) is 6.01. The Labute approximate surface area is 127 Å². The first-order valence-corrected chi connectivity index (χ1v) is 7.37. The highest BCUT2D eigenvalue weighted by molar-refractivity contribution is 5.79. The minimum Gasteiger partial charge on any atom is -0.444 e. The van der Waals surface area contributed by atoms with Crippen molar-refractivity contribution in [3.05, 3.63) is 0 Å². The molecule has 1 aliphatic heterocycles. The summed E-state index contributed by atoms with van der Waals surface area (Å²) in [4.78, 5) is 27.6. The second kappa shape index (κ2) is 7.11. The Balaban J connectivity index is 2.74. The third-order valence-corrected chi connectivity index (χ3v) is 3.55. The fourth-order valence-electron chi connectivity index (χ4n) is 2.48. The Bertz CT molecular complexity index is 376. The first kappa shape index (κ1) is 17.8. The van der Waals surface area contributed by atoms with Crippen molar-refractivity contribution >= 4 is 12.0 Å². The zero-order valence-electron chi connectivity index (χ0n) is 14.0. The van der Waals surface area contributed by atoms with Crippen molar-refractivity contribution in [2.24, 2.45) is 5.92 Å². The summed E-state index contributed by atoms with van der Waals surface area (Å²) >= 11 is 0. The van der Waals surface area contributed by atoms with Crippen molar-refractivity contribution in [2.75, 3.05) is 34.3 Å². The molecule has 0 saturated carbocycles. The zero-order chi connectivity index (χ0) is 16.2. The molecule has 1 rings (SSSR count). The van der Waals surface area contributed by atoms with Crippen molar-refractivity contribution in [3.8, 4) is 0 Å². The first-order valence-electron chi connectivity index (χ1n) is 7.37. The summed E-state index contributed by atoms with van der Waals surface area (Å²) in [7, 11) is 5.10. The van der Waals surface area contributed by atoms with Crippen LogP contribution in [0.1, 0.15) is 33.6 Å². The summed E-state index contributed by atoms with van der Waals surface area (Å²) in [5.41, 5.74) is -0.511. The predicted octanol–water partition coefficient (Wildman–Crippen LogP) is 1.74. The van der Waals surface area contributed by atoms with E-state index in [-0.39, 0.29) is 24.0 Å². The molecule has 2 amide bonds. The molecule has 2 atom stereocenters. The quantitative estimate of drug-likeness (QED) is 0.779. The molecule has 0 aromatic carbocycles. The van der Waals surface area contributed by atoms with Gasteiger partial charge < -0.3 is 19.3 Å².